The van der Waals surface area contributed by atoms with Crippen LogP contribution < -0.4 is 9.38 Å². The van der Waals surface area contributed by atoms with Gasteiger partial charge in [0, 0.05) is 29.6 Å². The molecule has 3 aromatic carbocycles. The van der Waals surface area contributed by atoms with E-state index in [-0.39, 0.29) is 5.66 Å². The lowest BCUT2D eigenvalue weighted by molar-refractivity contribution is 0.513. The Labute approximate surface area is 187 Å². The van der Waals surface area contributed by atoms with E-state index in [1.165, 1.54) is 50.2 Å². The number of fused-ring (bicyclic) bond motifs is 6. The van der Waals surface area contributed by atoms with E-state index in [0.717, 1.165) is 11.0 Å². The number of hydrogen-bond acceptors (Lipinski definition) is 2. The van der Waals surface area contributed by atoms with Crippen LogP contribution in [0.2, 0.25) is 0 Å². The number of aryl methyl sites for hydroxylation is 1. The number of benzene rings is 3. The lowest BCUT2D eigenvalue weighted by atomic mass is 10.0. The van der Waals surface area contributed by atoms with Gasteiger partial charge >= 0.3 is 0 Å². The number of aromatic nitrogens is 2. The van der Waals surface area contributed by atoms with E-state index in [9.17, 15) is 0 Å². The summed E-state index contributed by atoms with van der Waals surface area (Å²) < 4.78 is 3.27. The minimum atomic E-state index is -0.00825. The van der Waals surface area contributed by atoms with Crippen molar-refractivity contribution in [2.75, 3.05) is 18.5 Å². The molecular formula is C28H25N4+. The van der Waals surface area contributed by atoms with Gasteiger partial charge in [0.1, 0.15) is 5.69 Å². The average Bonchev–Trinajstić information content (AvgIpc) is 3.15. The van der Waals surface area contributed by atoms with Crippen molar-refractivity contribution < 1.29 is 0 Å². The Morgan fingerprint density at radius 2 is 1.66 bits per heavy atom. The molecule has 2 atom stereocenters. The van der Waals surface area contributed by atoms with Crippen molar-refractivity contribution in [3.8, 4) is 5.69 Å². The summed E-state index contributed by atoms with van der Waals surface area (Å²) in [6.07, 6.45) is 1.93. The molecule has 1 unspecified atom stereocenters. The largest absolute Gasteiger partial charge is 0.309 e. The number of hydrogen-bond donors (Lipinski definition) is 0. The molecule has 156 valence electrons. The third-order valence-corrected chi connectivity index (χ3v) is 7.78. The minimum absolute atomic E-state index is 0.00825. The van der Waals surface area contributed by atoms with Crippen molar-refractivity contribution in [1.29, 1.82) is 0 Å². The Morgan fingerprint density at radius 3 is 2.50 bits per heavy atom. The molecule has 1 saturated heterocycles. The van der Waals surface area contributed by atoms with Crippen LogP contribution in [0.3, 0.4) is 0 Å². The van der Waals surface area contributed by atoms with Gasteiger partial charge in [0.05, 0.1) is 23.8 Å². The first-order valence-electron chi connectivity index (χ1n) is 11.2. The molecule has 0 aliphatic carbocycles. The van der Waals surface area contributed by atoms with Gasteiger partial charge in [-0.05, 0) is 48.9 Å². The fourth-order valence-corrected chi connectivity index (χ4v) is 6.01. The molecule has 1 fully saturated rings. The Hall–Kier alpha value is -3.63. The van der Waals surface area contributed by atoms with E-state index in [0.29, 0.717) is 0 Å². The topological polar surface area (TPSA) is 21.1 Å². The summed E-state index contributed by atoms with van der Waals surface area (Å²) in [5.41, 5.74) is 7.50. The second-order valence-corrected chi connectivity index (χ2v) is 9.56. The van der Waals surface area contributed by atoms with Gasteiger partial charge in [-0.3, -0.25) is 4.90 Å². The van der Waals surface area contributed by atoms with Crippen LogP contribution in [0.25, 0.3) is 27.5 Å². The number of pyridine rings is 1. The van der Waals surface area contributed by atoms with Crippen molar-refractivity contribution in [3.05, 3.63) is 90.6 Å². The van der Waals surface area contributed by atoms with Crippen LogP contribution in [-0.4, -0.2) is 28.8 Å². The van der Waals surface area contributed by atoms with Gasteiger partial charge in [0.15, 0.2) is 6.54 Å². The van der Waals surface area contributed by atoms with Crippen LogP contribution in [0.4, 0.5) is 17.2 Å². The van der Waals surface area contributed by atoms with Crippen molar-refractivity contribution >= 4 is 39.0 Å². The first-order valence-corrected chi connectivity index (χ1v) is 11.2. The van der Waals surface area contributed by atoms with E-state index < -0.39 is 0 Å². The lowest BCUT2D eigenvalue weighted by Crippen LogP contribution is -2.37. The fraction of sp³-hybridized carbons (Fsp3) is 0.179. The molecule has 4 heteroatoms. The van der Waals surface area contributed by atoms with Crippen LogP contribution >= 0.6 is 0 Å². The average molecular weight is 418 g/mol. The molecule has 2 aromatic heterocycles. The molecule has 4 nitrogen and oxygen atoms in total. The highest BCUT2D eigenvalue weighted by atomic mass is 15.7. The zero-order valence-electron chi connectivity index (χ0n) is 18.6. The quantitative estimate of drug-likeness (QED) is 0.248. The standard InChI is InChI=1S/C28H25N4/c1-19-15-16-23-25(21-12-7-8-13-22(21)30(23)20-10-5-4-6-11-20)26(19)31-24-14-9-17-29-27(24)32(3)18-28(31,32)2/h4-17H,18H2,1-3H3/q+1/t28-,32?/m1/s1. The van der Waals surface area contributed by atoms with Gasteiger partial charge in [-0.25, -0.2) is 9.47 Å². The van der Waals surface area contributed by atoms with Crippen LogP contribution in [-0.2, 0) is 0 Å². The minimum Gasteiger partial charge on any atom is -0.309 e. The summed E-state index contributed by atoms with van der Waals surface area (Å²) in [4.78, 5) is 7.40. The molecule has 0 saturated carbocycles. The van der Waals surface area contributed by atoms with Gasteiger partial charge < -0.3 is 4.57 Å². The number of para-hydroxylation sites is 2. The maximum Gasteiger partial charge on any atom is 0.254 e. The summed E-state index contributed by atoms with van der Waals surface area (Å²) in [6.45, 7) is 5.70. The summed E-state index contributed by atoms with van der Waals surface area (Å²) in [5, 5.41) is 2.61. The molecule has 0 spiro atoms. The smallest absolute Gasteiger partial charge is 0.254 e. The van der Waals surface area contributed by atoms with E-state index in [2.05, 4.69) is 109 Å². The molecule has 4 heterocycles. The molecule has 32 heavy (non-hydrogen) atoms. The van der Waals surface area contributed by atoms with Gasteiger partial charge in [0.25, 0.3) is 5.82 Å². The molecule has 5 aromatic rings. The molecule has 2 aliphatic rings. The number of nitrogens with zero attached hydrogens (tertiary/aromatic N) is 4. The summed E-state index contributed by atoms with van der Waals surface area (Å²) in [5.74, 6) is 1.18. The zero-order valence-corrected chi connectivity index (χ0v) is 18.6. The van der Waals surface area contributed by atoms with E-state index >= 15 is 0 Å². The van der Waals surface area contributed by atoms with Gasteiger partial charge in [0.2, 0.25) is 5.66 Å². The predicted molar refractivity (Wildman–Crippen MR) is 133 cm³/mol. The predicted octanol–water partition coefficient (Wildman–Crippen LogP) is 6.31. The highest BCUT2D eigenvalue weighted by Crippen LogP contribution is 2.62. The number of rotatable bonds is 2. The number of anilines is 2. The van der Waals surface area contributed by atoms with Crippen molar-refractivity contribution in [2.24, 2.45) is 0 Å². The Kier molecular flexibility index (Phi) is 3.25. The second-order valence-electron chi connectivity index (χ2n) is 9.56. The normalized spacial score (nSPS) is 23.5. The van der Waals surface area contributed by atoms with Crippen LogP contribution in [0.1, 0.15) is 12.5 Å². The third kappa shape index (κ3) is 1.99. The molecule has 0 bridgehead atoms. The van der Waals surface area contributed by atoms with E-state index in [4.69, 9.17) is 4.98 Å². The summed E-state index contributed by atoms with van der Waals surface area (Å²) in [7, 11) is 2.31. The van der Waals surface area contributed by atoms with Gasteiger partial charge in [-0.15, -0.1) is 0 Å². The maximum absolute atomic E-state index is 4.82. The first-order chi connectivity index (χ1) is 15.5. The molecule has 0 radical (unpaired) electrons. The lowest BCUT2D eigenvalue weighted by Gasteiger charge is -2.26. The van der Waals surface area contributed by atoms with E-state index in [1.807, 2.05) is 6.20 Å². The Balaban J connectivity index is 1.63. The number of likely N-dealkylation sites (N-methyl/N-ethyl adjacent to an activating group) is 1. The highest BCUT2D eigenvalue weighted by Gasteiger charge is 2.76. The van der Waals surface area contributed by atoms with Crippen molar-refractivity contribution in [2.45, 2.75) is 19.5 Å². The highest BCUT2D eigenvalue weighted by molar-refractivity contribution is 6.17. The van der Waals surface area contributed by atoms with Crippen molar-refractivity contribution in [1.82, 2.24) is 14.0 Å². The molecule has 7 rings (SSSR count). The van der Waals surface area contributed by atoms with Gasteiger partial charge in [-0.2, -0.15) is 0 Å². The molecule has 0 amide bonds. The fourth-order valence-electron chi connectivity index (χ4n) is 6.01. The SMILES string of the molecule is Cc1ccc2c(c1N1c3cccnc3[N+]3(C)C[C@]13C)c1ccccc1n2-c1ccccc1. The summed E-state index contributed by atoms with van der Waals surface area (Å²) >= 11 is 0. The Morgan fingerprint density at radius 1 is 0.875 bits per heavy atom. The maximum atomic E-state index is 4.82. The monoisotopic (exact) mass is 417 g/mol. The van der Waals surface area contributed by atoms with Gasteiger partial charge in [-0.1, -0.05) is 42.5 Å². The van der Waals surface area contributed by atoms with Crippen LogP contribution in [0.5, 0.6) is 0 Å². The summed E-state index contributed by atoms with van der Waals surface area (Å²) in [6, 6.07) is 28.3. The van der Waals surface area contributed by atoms with E-state index in [1.54, 1.807) is 0 Å². The zero-order chi connectivity index (χ0) is 21.7. The first kappa shape index (κ1) is 18.0. The van der Waals surface area contributed by atoms with Crippen LogP contribution in [0.15, 0.2) is 85.1 Å². The third-order valence-electron chi connectivity index (χ3n) is 7.78. The molecule has 0 N–H and O–H groups in total. The Bertz CT molecular complexity index is 1550. The van der Waals surface area contributed by atoms with Crippen LogP contribution in [0, 0.1) is 6.92 Å². The molecular weight excluding hydrogens is 392 g/mol. The molecule has 2 aliphatic heterocycles. The van der Waals surface area contributed by atoms with Crippen molar-refractivity contribution in [3.63, 3.8) is 0 Å². The number of quaternary nitrogens is 1. The second kappa shape index (κ2) is 5.78.